The van der Waals surface area contributed by atoms with Crippen molar-refractivity contribution >= 4 is 5.97 Å². The van der Waals surface area contributed by atoms with Crippen LogP contribution in [0.1, 0.15) is 42.2 Å². The van der Waals surface area contributed by atoms with Gasteiger partial charge in [0.2, 0.25) is 0 Å². The summed E-state index contributed by atoms with van der Waals surface area (Å²) >= 11 is 0. The molecule has 0 bridgehead atoms. The van der Waals surface area contributed by atoms with Crippen LogP contribution in [0.3, 0.4) is 0 Å². The number of carboxylic acids is 1. The topological polar surface area (TPSA) is 57.9 Å². The normalized spacial score (nSPS) is 16.6. The fourth-order valence-electron chi connectivity index (χ4n) is 1.84. The molecule has 1 fully saturated rings. The Morgan fingerprint density at radius 2 is 2.14 bits per heavy atom. The smallest absolute Gasteiger partial charge is 0.543 e. The van der Waals surface area contributed by atoms with Gasteiger partial charge >= 0.3 is 18.9 Å². The van der Waals surface area contributed by atoms with Crippen LogP contribution < -0.4 is 24.0 Å². The van der Waals surface area contributed by atoms with Gasteiger partial charge in [0.15, 0.2) is 0 Å². The number of rotatable bonds is 2. The molecule has 70 valence electrons. The van der Waals surface area contributed by atoms with Gasteiger partial charge in [0.25, 0.3) is 0 Å². The molecule has 2 rings (SSSR count). The largest absolute Gasteiger partial charge is 1.00 e. The van der Waals surface area contributed by atoms with Crippen molar-refractivity contribution in [2.24, 2.45) is 0 Å². The first kappa shape index (κ1) is 11.4. The average molecular weight is 186 g/mol. The van der Waals surface area contributed by atoms with E-state index >= 15 is 0 Å². The summed E-state index contributed by atoms with van der Waals surface area (Å²) in [5.41, 5.74) is 0.0342. The Labute approximate surface area is 94.5 Å². The third-order valence-electron chi connectivity index (χ3n) is 2.56. The van der Waals surface area contributed by atoms with Crippen LogP contribution in [0.5, 0.6) is 0 Å². The van der Waals surface area contributed by atoms with Crippen LogP contribution in [0.2, 0.25) is 0 Å². The number of carbonyl (C=O) groups excluding carboxylic acids is 1. The van der Waals surface area contributed by atoms with Gasteiger partial charge in [-0.2, -0.15) is 0 Å². The Balaban J connectivity index is 0.000000980. The number of hydrogen-bond acceptors (Lipinski definition) is 3. The summed E-state index contributed by atoms with van der Waals surface area (Å²) in [6.45, 7) is 0. The van der Waals surface area contributed by atoms with E-state index in [2.05, 4.69) is 4.98 Å². The zero-order valence-electron chi connectivity index (χ0n) is 8.27. The molecule has 0 atom stereocenters. The Morgan fingerprint density at radius 1 is 1.50 bits per heavy atom. The van der Waals surface area contributed by atoms with E-state index in [-0.39, 0.29) is 24.6 Å². The molecule has 1 aromatic rings. The van der Waals surface area contributed by atoms with Crippen LogP contribution in [-0.4, -0.2) is 15.5 Å². The zero-order valence-corrected chi connectivity index (χ0v) is 8.27. The number of nitrogens with zero attached hydrogens (tertiary/aromatic N) is 2. The van der Waals surface area contributed by atoms with Crippen molar-refractivity contribution in [3.8, 4) is 0 Å². The Kier molecular flexibility index (Phi) is 3.79. The maximum atomic E-state index is 10.4. The molecule has 1 saturated carbocycles. The monoisotopic (exact) mass is 186 g/mol. The molecular weight excluding hydrogens is 175 g/mol. The number of aromatic carboxylic acids is 1. The quantitative estimate of drug-likeness (QED) is 0.474. The molecule has 0 N–H and O–H groups in total. The van der Waals surface area contributed by atoms with Crippen LogP contribution in [0.4, 0.5) is 0 Å². The predicted molar refractivity (Wildman–Crippen MR) is 44.1 cm³/mol. The second-order valence-corrected chi connectivity index (χ2v) is 3.43. The molecule has 0 saturated heterocycles. The molecule has 14 heavy (non-hydrogen) atoms. The van der Waals surface area contributed by atoms with E-state index in [9.17, 15) is 9.90 Å². The minimum atomic E-state index is -1.20. The summed E-state index contributed by atoms with van der Waals surface area (Å²) in [5.74, 6) is -1.20. The standard InChI is InChI=1S/C9H12N2O2.Li/c12-9(13)8-5-11(6-10-8)7-3-1-2-4-7;/h5-7H,1-4H2,(H,12,13);/q;+1/p-1. The summed E-state index contributed by atoms with van der Waals surface area (Å²) in [6, 6.07) is 0.445. The SMILES string of the molecule is O=C([O-])c1cn(C2CCCC2)cn1.[Li+]. The van der Waals surface area contributed by atoms with Gasteiger partial charge < -0.3 is 14.5 Å². The van der Waals surface area contributed by atoms with Crippen LogP contribution >= 0.6 is 0 Å². The molecule has 5 heteroatoms. The summed E-state index contributed by atoms with van der Waals surface area (Å²) in [6.07, 6.45) is 7.85. The van der Waals surface area contributed by atoms with E-state index in [4.69, 9.17) is 0 Å². The van der Waals surface area contributed by atoms with Gasteiger partial charge in [-0.25, -0.2) is 4.98 Å². The van der Waals surface area contributed by atoms with Crippen LogP contribution in [0, 0.1) is 0 Å². The van der Waals surface area contributed by atoms with Crippen molar-refractivity contribution in [2.45, 2.75) is 31.7 Å². The number of carboxylic acid groups (broad SMARTS) is 1. The maximum Gasteiger partial charge on any atom is 1.00 e. The molecule has 1 aliphatic rings. The molecule has 0 unspecified atom stereocenters. The van der Waals surface area contributed by atoms with Crippen molar-refractivity contribution < 1.29 is 28.8 Å². The first-order valence-corrected chi connectivity index (χ1v) is 4.52. The van der Waals surface area contributed by atoms with Crippen molar-refractivity contribution in [2.75, 3.05) is 0 Å². The third kappa shape index (κ3) is 2.20. The van der Waals surface area contributed by atoms with E-state index in [0.717, 1.165) is 12.8 Å². The first-order valence-electron chi connectivity index (χ1n) is 4.52. The molecule has 1 heterocycles. The van der Waals surface area contributed by atoms with Crippen LogP contribution in [-0.2, 0) is 0 Å². The summed E-state index contributed by atoms with van der Waals surface area (Å²) in [7, 11) is 0. The molecular formula is C9H11LiN2O2. The Morgan fingerprint density at radius 3 is 2.64 bits per heavy atom. The third-order valence-corrected chi connectivity index (χ3v) is 2.56. The van der Waals surface area contributed by atoms with E-state index in [1.54, 1.807) is 12.5 Å². The van der Waals surface area contributed by atoms with Gasteiger partial charge in [0, 0.05) is 12.2 Å². The van der Waals surface area contributed by atoms with Crippen LogP contribution in [0.15, 0.2) is 12.5 Å². The van der Waals surface area contributed by atoms with Crippen molar-refractivity contribution in [1.29, 1.82) is 0 Å². The number of hydrogen-bond donors (Lipinski definition) is 0. The first-order chi connectivity index (χ1) is 6.27. The average Bonchev–Trinajstić information content (AvgIpc) is 2.75. The van der Waals surface area contributed by atoms with Gasteiger partial charge in [-0.3, -0.25) is 0 Å². The molecule has 4 nitrogen and oxygen atoms in total. The fraction of sp³-hybridized carbons (Fsp3) is 0.556. The number of imidazole rings is 1. The minimum Gasteiger partial charge on any atom is -0.543 e. The van der Waals surface area contributed by atoms with Gasteiger partial charge in [-0.15, -0.1) is 0 Å². The Hall–Kier alpha value is -0.723. The fourth-order valence-corrected chi connectivity index (χ4v) is 1.84. The van der Waals surface area contributed by atoms with Gasteiger partial charge in [-0.1, -0.05) is 12.8 Å². The molecule has 0 aliphatic heterocycles. The van der Waals surface area contributed by atoms with Crippen molar-refractivity contribution in [3.63, 3.8) is 0 Å². The summed E-state index contributed by atoms with van der Waals surface area (Å²) < 4.78 is 1.89. The molecule has 1 aliphatic carbocycles. The number of carbonyl (C=O) groups is 1. The predicted octanol–water partition coefficient (Wildman–Crippen LogP) is -2.63. The molecule has 0 aromatic carbocycles. The summed E-state index contributed by atoms with van der Waals surface area (Å²) in [4.78, 5) is 14.2. The van der Waals surface area contributed by atoms with Crippen molar-refractivity contribution in [1.82, 2.24) is 9.55 Å². The minimum absolute atomic E-state index is 0. The molecule has 0 spiro atoms. The van der Waals surface area contributed by atoms with Crippen LogP contribution in [0.25, 0.3) is 0 Å². The van der Waals surface area contributed by atoms with E-state index in [1.165, 1.54) is 12.8 Å². The van der Waals surface area contributed by atoms with Gasteiger partial charge in [0.1, 0.15) is 5.69 Å². The van der Waals surface area contributed by atoms with Gasteiger partial charge in [0.05, 0.1) is 12.3 Å². The van der Waals surface area contributed by atoms with Crippen molar-refractivity contribution in [3.05, 3.63) is 18.2 Å². The summed E-state index contributed by atoms with van der Waals surface area (Å²) in [5, 5.41) is 10.4. The van der Waals surface area contributed by atoms with Gasteiger partial charge in [-0.05, 0) is 12.8 Å². The zero-order chi connectivity index (χ0) is 9.26. The maximum absolute atomic E-state index is 10.4. The second kappa shape index (κ2) is 4.67. The Bertz CT molecular complexity index is 318. The molecule has 0 radical (unpaired) electrons. The second-order valence-electron chi connectivity index (χ2n) is 3.43. The van der Waals surface area contributed by atoms with E-state index in [0.29, 0.717) is 6.04 Å². The molecule has 0 amide bonds. The number of aromatic nitrogens is 2. The van der Waals surface area contributed by atoms with E-state index in [1.807, 2.05) is 4.57 Å². The molecule has 1 aromatic heterocycles. The van der Waals surface area contributed by atoms with E-state index < -0.39 is 5.97 Å².